The third kappa shape index (κ3) is 4.18. The lowest BCUT2D eigenvalue weighted by Crippen LogP contribution is -2.20. The van der Waals surface area contributed by atoms with Crippen LogP contribution in [0.15, 0.2) is 36.0 Å². The lowest BCUT2D eigenvalue weighted by molar-refractivity contribution is -0.119. The van der Waals surface area contributed by atoms with Crippen molar-refractivity contribution in [2.45, 2.75) is 33.6 Å². The largest absolute Gasteiger partial charge is 0.357 e. The molecule has 4 heteroatoms. The van der Waals surface area contributed by atoms with Gasteiger partial charge in [0.25, 0.3) is 0 Å². The van der Waals surface area contributed by atoms with Crippen molar-refractivity contribution in [1.82, 2.24) is 0 Å². The van der Waals surface area contributed by atoms with E-state index in [4.69, 9.17) is 0 Å². The molecule has 0 aliphatic heterocycles. The van der Waals surface area contributed by atoms with Crippen molar-refractivity contribution < 1.29 is 9.59 Å². The molecule has 2 rings (SSSR count). The Morgan fingerprint density at radius 2 is 1.86 bits per heavy atom. The molecule has 2 N–H and O–H groups in total. The van der Waals surface area contributed by atoms with Crippen molar-refractivity contribution in [2.24, 2.45) is 11.8 Å². The van der Waals surface area contributed by atoms with Crippen molar-refractivity contribution in [3.63, 3.8) is 0 Å². The smallest absolute Gasteiger partial charge is 0.226 e. The Morgan fingerprint density at radius 1 is 1.19 bits per heavy atom. The Labute approximate surface area is 125 Å². The third-order valence-corrected chi connectivity index (χ3v) is 3.46. The van der Waals surface area contributed by atoms with Crippen molar-refractivity contribution in [3.8, 4) is 0 Å². The Kier molecular flexibility index (Phi) is 4.78. The van der Waals surface area contributed by atoms with Gasteiger partial charge >= 0.3 is 0 Å². The summed E-state index contributed by atoms with van der Waals surface area (Å²) in [4.78, 5) is 23.5. The number of amides is 1. The van der Waals surface area contributed by atoms with Gasteiger partial charge < -0.3 is 10.6 Å². The molecule has 0 aromatic heterocycles. The summed E-state index contributed by atoms with van der Waals surface area (Å²) in [6, 6.07) is 7.55. The molecule has 0 fully saturated rings. The number of ketones is 1. The number of carbonyl (C=O) groups is 2. The topological polar surface area (TPSA) is 58.2 Å². The number of benzene rings is 1. The first-order chi connectivity index (χ1) is 9.95. The first-order valence-corrected chi connectivity index (χ1v) is 7.36. The molecule has 0 spiro atoms. The maximum atomic E-state index is 11.9. The third-order valence-electron chi connectivity index (χ3n) is 3.46. The van der Waals surface area contributed by atoms with Crippen molar-refractivity contribution in [1.29, 1.82) is 0 Å². The molecular formula is C17H22N2O2. The molecule has 0 bridgehead atoms. The van der Waals surface area contributed by atoms with Crippen LogP contribution < -0.4 is 10.6 Å². The second-order valence-corrected chi connectivity index (χ2v) is 5.96. The molecule has 21 heavy (non-hydrogen) atoms. The van der Waals surface area contributed by atoms with E-state index in [0.29, 0.717) is 12.3 Å². The van der Waals surface area contributed by atoms with Crippen LogP contribution in [-0.2, 0) is 9.59 Å². The van der Waals surface area contributed by atoms with E-state index in [9.17, 15) is 9.59 Å². The first kappa shape index (κ1) is 15.3. The molecule has 0 saturated heterocycles. The zero-order chi connectivity index (χ0) is 15.4. The first-order valence-electron chi connectivity index (χ1n) is 7.36. The molecule has 1 aromatic carbocycles. The highest BCUT2D eigenvalue weighted by atomic mass is 16.1. The standard InChI is InChI=1S/C17H22N2O2/c1-11(2)17(21)19-16-7-5-4-6-15(16)18-13-8-12(3)9-14(20)10-13/h4-7,10-12,18H,8-9H2,1-3H3,(H,19,21). The van der Waals surface area contributed by atoms with E-state index in [-0.39, 0.29) is 17.6 Å². The van der Waals surface area contributed by atoms with Gasteiger partial charge in [-0.25, -0.2) is 0 Å². The van der Waals surface area contributed by atoms with E-state index >= 15 is 0 Å². The fourth-order valence-corrected chi connectivity index (χ4v) is 2.34. The molecule has 1 amide bonds. The van der Waals surface area contributed by atoms with Crippen molar-refractivity contribution >= 4 is 23.1 Å². The number of allylic oxidation sites excluding steroid dienone is 2. The number of hydrogen-bond acceptors (Lipinski definition) is 3. The van der Waals surface area contributed by atoms with Gasteiger partial charge in [-0.15, -0.1) is 0 Å². The number of anilines is 2. The Hall–Kier alpha value is -2.10. The van der Waals surface area contributed by atoms with Crippen LogP contribution in [0.25, 0.3) is 0 Å². The van der Waals surface area contributed by atoms with Crippen LogP contribution in [0.2, 0.25) is 0 Å². The molecule has 0 saturated carbocycles. The summed E-state index contributed by atoms with van der Waals surface area (Å²) in [7, 11) is 0. The highest BCUT2D eigenvalue weighted by molar-refractivity contribution is 5.96. The molecule has 112 valence electrons. The van der Waals surface area contributed by atoms with Crippen molar-refractivity contribution in [2.75, 3.05) is 10.6 Å². The molecular weight excluding hydrogens is 264 g/mol. The number of para-hydroxylation sites is 2. The van der Waals surface area contributed by atoms with E-state index < -0.39 is 0 Å². The Bertz CT molecular complexity index is 576. The summed E-state index contributed by atoms with van der Waals surface area (Å²) >= 11 is 0. The number of rotatable bonds is 4. The molecule has 1 aromatic rings. The van der Waals surface area contributed by atoms with Crippen LogP contribution in [-0.4, -0.2) is 11.7 Å². The number of nitrogens with one attached hydrogen (secondary N) is 2. The van der Waals surface area contributed by atoms with Gasteiger partial charge in [0.15, 0.2) is 5.78 Å². The summed E-state index contributed by atoms with van der Waals surface area (Å²) < 4.78 is 0. The molecule has 0 radical (unpaired) electrons. The number of hydrogen-bond donors (Lipinski definition) is 2. The zero-order valence-electron chi connectivity index (χ0n) is 12.8. The lowest BCUT2D eigenvalue weighted by atomic mass is 9.93. The number of carbonyl (C=O) groups excluding carboxylic acids is 2. The minimum atomic E-state index is -0.0754. The summed E-state index contributed by atoms with van der Waals surface area (Å²) in [5.74, 6) is 0.405. The summed E-state index contributed by atoms with van der Waals surface area (Å²) in [6.45, 7) is 5.78. The molecule has 1 aliphatic carbocycles. The zero-order valence-corrected chi connectivity index (χ0v) is 12.8. The van der Waals surface area contributed by atoms with E-state index in [1.807, 2.05) is 38.1 Å². The monoisotopic (exact) mass is 286 g/mol. The van der Waals surface area contributed by atoms with Crippen LogP contribution in [0.5, 0.6) is 0 Å². The van der Waals surface area contributed by atoms with Crippen LogP contribution in [0.1, 0.15) is 33.6 Å². The normalized spacial score (nSPS) is 18.4. The Morgan fingerprint density at radius 3 is 2.48 bits per heavy atom. The van der Waals surface area contributed by atoms with E-state index in [1.165, 1.54) is 0 Å². The van der Waals surface area contributed by atoms with Gasteiger partial charge in [-0.1, -0.05) is 32.9 Å². The summed E-state index contributed by atoms with van der Waals surface area (Å²) in [5, 5.41) is 6.19. The molecule has 4 nitrogen and oxygen atoms in total. The van der Waals surface area contributed by atoms with E-state index in [2.05, 4.69) is 17.6 Å². The van der Waals surface area contributed by atoms with E-state index in [0.717, 1.165) is 23.5 Å². The van der Waals surface area contributed by atoms with Crippen LogP contribution in [0.4, 0.5) is 11.4 Å². The minimum Gasteiger partial charge on any atom is -0.357 e. The van der Waals surface area contributed by atoms with Gasteiger partial charge in [0.1, 0.15) is 0 Å². The van der Waals surface area contributed by atoms with Crippen LogP contribution in [0, 0.1) is 11.8 Å². The second kappa shape index (κ2) is 6.57. The highest BCUT2D eigenvalue weighted by Gasteiger charge is 2.18. The Balaban J connectivity index is 2.17. The SMILES string of the molecule is CC1CC(=O)C=C(Nc2ccccc2NC(=O)C(C)C)C1. The predicted molar refractivity (Wildman–Crippen MR) is 85.0 cm³/mol. The molecule has 1 aliphatic rings. The molecule has 1 unspecified atom stereocenters. The minimum absolute atomic E-state index is 0.0219. The fraction of sp³-hybridized carbons (Fsp3) is 0.412. The van der Waals surface area contributed by atoms with Gasteiger partial charge in [-0.05, 0) is 24.5 Å². The average Bonchev–Trinajstić information content (AvgIpc) is 2.39. The van der Waals surface area contributed by atoms with Gasteiger partial charge in [0.05, 0.1) is 11.4 Å². The quantitative estimate of drug-likeness (QED) is 0.889. The maximum absolute atomic E-state index is 11.9. The van der Waals surface area contributed by atoms with Gasteiger partial charge in [-0.2, -0.15) is 0 Å². The van der Waals surface area contributed by atoms with Gasteiger partial charge in [0.2, 0.25) is 5.91 Å². The predicted octanol–water partition coefficient (Wildman–Crippen LogP) is 3.58. The summed E-state index contributed by atoms with van der Waals surface area (Å²) in [5.41, 5.74) is 2.47. The highest BCUT2D eigenvalue weighted by Crippen LogP contribution is 2.27. The second-order valence-electron chi connectivity index (χ2n) is 5.96. The maximum Gasteiger partial charge on any atom is 0.226 e. The lowest BCUT2D eigenvalue weighted by Gasteiger charge is -2.21. The fourth-order valence-electron chi connectivity index (χ4n) is 2.34. The van der Waals surface area contributed by atoms with E-state index in [1.54, 1.807) is 6.08 Å². The molecule has 0 heterocycles. The van der Waals surface area contributed by atoms with Gasteiger partial charge in [-0.3, -0.25) is 9.59 Å². The van der Waals surface area contributed by atoms with Crippen LogP contribution in [0.3, 0.4) is 0 Å². The van der Waals surface area contributed by atoms with Crippen molar-refractivity contribution in [3.05, 3.63) is 36.0 Å². The van der Waals surface area contributed by atoms with Gasteiger partial charge in [0, 0.05) is 24.1 Å². The summed E-state index contributed by atoms with van der Waals surface area (Å²) in [6.07, 6.45) is 3.12. The van der Waals surface area contributed by atoms with Crippen LogP contribution >= 0.6 is 0 Å². The average molecular weight is 286 g/mol. The molecule has 1 atom stereocenters.